The Morgan fingerprint density at radius 1 is 0.970 bits per heavy atom. The van der Waals surface area contributed by atoms with Crippen LogP contribution in [0.3, 0.4) is 0 Å². The molecule has 0 heterocycles. The van der Waals surface area contributed by atoms with Crippen molar-refractivity contribution >= 4 is 50.5 Å². The number of rotatable bonds is 6. The number of ether oxygens (including phenoxy) is 1. The van der Waals surface area contributed by atoms with Crippen molar-refractivity contribution < 1.29 is 31.1 Å². The fraction of sp³-hybridized carbons (Fsp3) is 0.0952. The molecule has 12 heteroatoms. The molecule has 0 radical (unpaired) electrons. The highest BCUT2D eigenvalue weighted by Crippen LogP contribution is 2.32. The van der Waals surface area contributed by atoms with E-state index >= 15 is 0 Å². The Labute approximate surface area is 197 Å². The number of halogens is 5. The molecule has 3 rings (SSSR count). The average Bonchev–Trinajstić information content (AvgIpc) is 2.73. The molecule has 174 valence electrons. The predicted octanol–water partition coefficient (Wildman–Crippen LogP) is 6.07. The van der Waals surface area contributed by atoms with Gasteiger partial charge in [-0.3, -0.25) is 9.52 Å². The summed E-state index contributed by atoms with van der Waals surface area (Å²) in [7, 11) is -2.88. The molecule has 0 aliphatic rings. The van der Waals surface area contributed by atoms with Crippen molar-refractivity contribution in [1.82, 2.24) is 0 Å². The van der Waals surface area contributed by atoms with Gasteiger partial charge in [-0.25, -0.2) is 8.42 Å². The molecule has 0 aromatic heterocycles. The molecule has 0 aliphatic heterocycles. The van der Waals surface area contributed by atoms with Gasteiger partial charge in [-0.15, -0.1) is 0 Å². The van der Waals surface area contributed by atoms with Crippen LogP contribution in [0, 0.1) is 0 Å². The summed E-state index contributed by atoms with van der Waals surface area (Å²) >= 11 is 11.9. The minimum atomic E-state index is -4.55. The van der Waals surface area contributed by atoms with Crippen LogP contribution in [0.15, 0.2) is 65.6 Å². The zero-order valence-electron chi connectivity index (χ0n) is 16.7. The highest BCUT2D eigenvalue weighted by Gasteiger charge is 2.30. The lowest BCUT2D eigenvalue weighted by atomic mass is 10.2. The smallest absolute Gasteiger partial charge is 0.416 e. The van der Waals surface area contributed by atoms with Crippen molar-refractivity contribution in [3.63, 3.8) is 0 Å². The molecule has 0 saturated carbocycles. The van der Waals surface area contributed by atoms with E-state index in [9.17, 15) is 26.4 Å². The molecule has 0 saturated heterocycles. The second-order valence-corrected chi connectivity index (χ2v) is 9.15. The van der Waals surface area contributed by atoms with Gasteiger partial charge < -0.3 is 10.1 Å². The van der Waals surface area contributed by atoms with Crippen molar-refractivity contribution in [2.75, 3.05) is 17.1 Å². The van der Waals surface area contributed by atoms with Gasteiger partial charge in [0.05, 0.1) is 33.8 Å². The van der Waals surface area contributed by atoms with Crippen LogP contribution in [0.5, 0.6) is 5.75 Å². The van der Waals surface area contributed by atoms with Crippen LogP contribution >= 0.6 is 23.2 Å². The fourth-order valence-corrected chi connectivity index (χ4v) is 4.34. The van der Waals surface area contributed by atoms with E-state index in [1.807, 2.05) is 0 Å². The van der Waals surface area contributed by atoms with E-state index in [2.05, 4.69) is 10.0 Å². The summed E-state index contributed by atoms with van der Waals surface area (Å²) in [6.07, 6.45) is -4.55. The molecular formula is C21H15Cl2F3N2O4S. The van der Waals surface area contributed by atoms with Gasteiger partial charge >= 0.3 is 6.18 Å². The van der Waals surface area contributed by atoms with Crippen molar-refractivity contribution in [3.8, 4) is 5.75 Å². The molecule has 0 bridgehead atoms. The Morgan fingerprint density at radius 3 is 2.21 bits per heavy atom. The van der Waals surface area contributed by atoms with Crippen molar-refractivity contribution in [2.24, 2.45) is 0 Å². The fourth-order valence-electron chi connectivity index (χ4n) is 2.76. The number of benzene rings is 3. The lowest BCUT2D eigenvalue weighted by Gasteiger charge is -2.14. The quantitative estimate of drug-likeness (QED) is 0.414. The van der Waals surface area contributed by atoms with Crippen LogP contribution in [0.2, 0.25) is 10.0 Å². The Morgan fingerprint density at radius 2 is 1.64 bits per heavy atom. The minimum absolute atomic E-state index is 0.0313. The van der Waals surface area contributed by atoms with Crippen LogP contribution in [0.1, 0.15) is 15.9 Å². The second kappa shape index (κ2) is 9.50. The standard InChI is InChI=1S/C21H15Cl2F3N2O4S/c1-32-19-9-7-15(11-18(19)27-20(29)16-8-4-13(22)10-17(16)23)33(30,31)28-14-5-2-12(3-6-14)21(24,25)26/h2-11,28H,1H3,(H,27,29). The first-order valence-electron chi connectivity index (χ1n) is 9.05. The van der Waals surface area contributed by atoms with Crippen LogP contribution < -0.4 is 14.8 Å². The summed E-state index contributed by atoms with van der Waals surface area (Å²) in [5, 5.41) is 2.95. The van der Waals surface area contributed by atoms with E-state index in [0.29, 0.717) is 5.02 Å². The Hall–Kier alpha value is -2.95. The van der Waals surface area contributed by atoms with Gasteiger partial charge in [0.1, 0.15) is 5.75 Å². The largest absolute Gasteiger partial charge is 0.495 e. The SMILES string of the molecule is COc1ccc(S(=O)(=O)Nc2ccc(C(F)(F)F)cc2)cc1NC(=O)c1ccc(Cl)cc1Cl. The van der Waals surface area contributed by atoms with E-state index < -0.39 is 27.7 Å². The zero-order valence-corrected chi connectivity index (χ0v) is 19.0. The Kier molecular flexibility index (Phi) is 7.11. The van der Waals surface area contributed by atoms with Crippen LogP contribution in [0.4, 0.5) is 24.5 Å². The maximum absolute atomic E-state index is 12.8. The highest BCUT2D eigenvalue weighted by molar-refractivity contribution is 7.92. The zero-order chi connectivity index (χ0) is 24.4. The van der Waals surface area contributed by atoms with Crippen molar-refractivity contribution in [3.05, 3.63) is 81.8 Å². The van der Waals surface area contributed by atoms with Crippen molar-refractivity contribution in [2.45, 2.75) is 11.1 Å². The minimum Gasteiger partial charge on any atom is -0.495 e. The monoisotopic (exact) mass is 518 g/mol. The van der Waals surface area contributed by atoms with E-state index in [4.69, 9.17) is 27.9 Å². The molecule has 3 aromatic rings. The number of anilines is 2. The van der Waals surface area contributed by atoms with Crippen LogP contribution in [-0.4, -0.2) is 21.4 Å². The number of methoxy groups -OCH3 is 1. The predicted molar refractivity (Wildman–Crippen MR) is 120 cm³/mol. The summed E-state index contributed by atoms with van der Waals surface area (Å²) in [4.78, 5) is 12.4. The summed E-state index contributed by atoms with van der Waals surface area (Å²) in [5.41, 5.74) is -0.860. The number of hydrogen-bond acceptors (Lipinski definition) is 4. The third kappa shape index (κ3) is 5.89. The summed E-state index contributed by atoms with van der Waals surface area (Å²) in [6.45, 7) is 0. The summed E-state index contributed by atoms with van der Waals surface area (Å²) in [5.74, 6) is -0.470. The van der Waals surface area contributed by atoms with Crippen LogP contribution in [0.25, 0.3) is 0 Å². The van der Waals surface area contributed by atoms with Gasteiger partial charge in [0, 0.05) is 10.7 Å². The number of amides is 1. The number of alkyl halides is 3. The molecule has 6 nitrogen and oxygen atoms in total. The lowest BCUT2D eigenvalue weighted by Crippen LogP contribution is -2.16. The molecule has 0 spiro atoms. The van der Waals surface area contributed by atoms with E-state index in [0.717, 1.165) is 30.3 Å². The molecule has 33 heavy (non-hydrogen) atoms. The Bertz CT molecular complexity index is 1300. The maximum atomic E-state index is 12.8. The lowest BCUT2D eigenvalue weighted by molar-refractivity contribution is -0.137. The highest BCUT2D eigenvalue weighted by atomic mass is 35.5. The average molecular weight is 519 g/mol. The van der Waals surface area contributed by atoms with Gasteiger partial charge in [-0.1, -0.05) is 23.2 Å². The molecule has 0 aliphatic carbocycles. The van der Waals surface area contributed by atoms with Gasteiger partial charge in [-0.2, -0.15) is 13.2 Å². The van der Waals surface area contributed by atoms with Gasteiger partial charge in [0.25, 0.3) is 15.9 Å². The molecule has 0 atom stereocenters. The Balaban J connectivity index is 1.88. The first-order chi connectivity index (χ1) is 15.4. The maximum Gasteiger partial charge on any atom is 0.416 e. The second-order valence-electron chi connectivity index (χ2n) is 6.62. The number of carbonyl (C=O) groups excluding carboxylic acids is 1. The van der Waals surface area contributed by atoms with Gasteiger partial charge in [0.15, 0.2) is 0 Å². The van der Waals surface area contributed by atoms with Gasteiger partial charge in [-0.05, 0) is 60.7 Å². The topological polar surface area (TPSA) is 84.5 Å². The molecule has 0 unspecified atom stereocenters. The number of hydrogen-bond donors (Lipinski definition) is 2. The van der Waals surface area contributed by atoms with E-state index in [1.165, 1.54) is 37.4 Å². The van der Waals surface area contributed by atoms with Gasteiger partial charge in [0.2, 0.25) is 0 Å². The van der Waals surface area contributed by atoms with Crippen molar-refractivity contribution in [1.29, 1.82) is 0 Å². The molecule has 1 amide bonds. The first-order valence-corrected chi connectivity index (χ1v) is 11.3. The molecule has 0 fully saturated rings. The molecule has 3 aromatic carbocycles. The number of sulfonamides is 1. The third-order valence-corrected chi connectivity index (χ3v) is 6.30. The summed E-state index contributed by atoms with van der Waals surface area (Å²) < 4.78 is 71.0. The number of carbonyl (C=O) groups is 1. The third-order valence-electron chi connectivity index (χ3n) is 4.37. The molecular weight excluding hydrogens is 504 g/mol. The summed E-state index contributed by atoms with van der Waals surface area (Å²) in [6, 6.07) is 11.4. The van der Waals surface area contributed by atoms with E-state index in [-0.39, 0.29) is 32.6 Å². The van der Waals surface area contributed by atoms with Crippen LogP contribution in [-0.2, 0) is 16.2 Å². The van der Waals surface area contributed by atoms with E-state index in [1.54, 1.807) is 0 Å². The normalized spacial score (nSPS) is 11.7. The number of nitrogens with one attached hydrogen (secondary N) is 2. The first kappa shape index (κ1) is 24.7. The molecule has 2 N–H and O–H groups in total.